The van der Waals surface area contributed by atoms with Crippen molar-refractivity contribution in [3.63, 3.8) is 0 Å². The van der Waals surface area contributed by atoms with Crippen LogP contribution in [0.5, 0.6) is 0 Å². The first-order valence-corrected chi connectivity index (χ1v) is 15.7. The molecule has 0 fully saturated rings. The van der Waals surface area contributed by atoms with E-state index in [1.807, 2.05) is 0 Å². The summed E-state index contributed by atoms with van der Waals surface area (Å²) in [6, 6.07) is -1.07. The molecule has 3 N–H and O–H groups in total. The molecule has 0 saturated heterocycles. The highest BCUT2D eigenvalue weighted by atomic mass is 35.5. The van der Waals surface area contributed by atoms with Crippen molar-refractivity contribution in [2.24, 2.45) is 5.92 Å². The van der Waals surface area contributed by atoms with Crippen LogP contribution in [0.3, 0.4) is 0 Å². The SMILES string of the molecule is CC(C)C(NC(=O)C(C)(C)NC(=O)OC(C)(C)C)C(=O)O[C@H](/C=C/CCCl)CC(=O)NCc1nc(C(=O)OC(C)(C)C)cs1. The van der Waals surface area contributed by atoms with Gasteiger partial charge in [0.15, 0.2) is 5.69 Å². The average Bonchev–Trinajstić information content (AvgIpc) is 3.32. The van der Waals surface area contributed by atoms with Gasteiger partial charge in [0.2, 0.25) is 11.8 Å². The third-order valence-electron chi connectivity index (χ3n) is 5.47. The number of nitrogens with one attached hydrogen (secondary N) is 3. The summed E-state index contributed by atoms with van der Waals surface area (Å²) in [4.78, 5) is 67.8. The van der Waals surface area contributed by atoms with Crippen LogP contribution in [0.25, 0.3) is 0 Å². The molecular weight excluding hydrogens is 612 g/mol. The first-order valence-electron chi connectivity index (χ1n) is 14.3. The molecule has 2 atom stereocenters. The van der Waals surface area contributed by atoms with Gasteiger partial charge in [0, 0.05) is 11.3 Å². The molecule has 1 rings (SSSR count). The zero-order valence-corrected chi connectivity index (χ0v) is 28.9. The smallest absolute Gasteiger partial charge is 0.408 e. The van der Waals surface area contributed by atoms with E-state index < -0.39 is 58.7 Å². The number of alkyl carbamates (subject to hydrolysis) is 1. The predicted molar refractivity (Wildman–Crippen MR) is 168 cm³/mol. The normalized spacial score (nSPS) is 13.6. The second-order valence-electron chi connectivity index (χ2n) is 12.9. The number of nitrogens with zero attached hydrogens (tertiary/aromatic N) is 1. The molecule has 1 heterocycles. The Bertz CT molecular complexity index is 1180. The van der Waals surface area contributed by atoms with Gasteiger partial charge in [-0.15, -0.1) is 22.9 Å². The number of hydrogen-bond acceptors (Lipinski definition) is 10. The van der Waals surface area contributed by atoms with Crippen molar-refractivity contribution >= 4 is 52.8 Å². The number of carbonyl (C=O) groups excluding carboxylic acids is 5. The second-order valence-corrected chi connectivity index (χ2v) is 14.3. The highest BCUT2D eigenvalue weighted by Crippen LogP contribution is 2.16. The largest absolute Gasteiger partial charge is 0.456 e. The fourth-order valence-corrected chi connectivity index (χ4v) is 4.19. The number of carbonyl (C=O) groups is 5. The Balaban J connectivity index is 2.89. The van der Waals surface area contributed by atoms with Crippen LogP contribution in [-0.2, 0) is 35.1 Å². The number of aromatic nitrogens is 1. The topological polar surface area (TPSA) is 162 Å². The Kier molecular flexibility index (Phi) is 14.8. The average molecular weight is 659 g/mol. The first kappa shape index (κ1) is 38.8. The lowest BCUT2D eigenvalue weighted by Gasteiger charge is -2.30. The summed E-state index contributed by atoms with van der Waals surface area (Å²) in [6.07, 6.45) is 1.80. The number of hydrogen-bond donors (Lipinski definition) is 3. The second kappa shape index (κ2) is 16.8. The molecule has 0 aromatic carbocycles. The molecule has 1 aromatic rings. The minimum absolute atomic E-state index is 0.0583. The summed E-state index contributed by atoms with van der Waals surface area (Å²) in [6.45, 7) is 16.8. The van der Waals surface area contributed by atoms with Gasteiger partial charge in [-0.05, 0) is 73.8 Å². The molecule has 0 saturated carbocycles. The third kappa shape index (κ3) is 15.0. The van der Waals surface area contributed by atoms with Gasteiger partial charge >= 0.3 is 18.0 Å². The molecule has 1 aromatic heterocycles. The Morgan fingerprint density at radius 2 is 1.61 bits per heavy atom. The first-order chi connectivity index (χ1) is 20.1. The van der Waals surface area contributed by atoms with Crippen LogP contribution in [-0.4, -0.2) is 69.6 Å². The molecule has 3 amide bonds. The lowest BCUT2D eigenvalue weighted by Crippen LogP contribution is -2.59. The Morgan fingerprint density at radius 1 is 1.00 bits per heavy atom. The van der Waals surface area contributed by atoms with E-state index >= 15 is 0 Å². The van der Waals surface area contributed by atoms with Crippen molar-refractivity contribution in [2.45, 2.75) is 118 Å². The number of thiazole rings is 1. The zero-order chi connectivity index (χ0) is 33.9. The number of halogens is 1. The van der Waals surface area contributed by atoms with E-state index in [4.69, 9.17) is 25.8 Å². The maximum atomic E-state index is 13.2. The summed E-state index contributed by atoms with van der Waals surface area (Å²) >= 11 is 6.97. The summed E-state index contributed by atoms with van der Waals surface area (Å²) in [5.41, 5.74) is -2.68. The van der Waals surface area contributed by atoms with Crippen molar-refractivity contribution in [3.8, 4) is 0 Å². The number of rotatable bonds is 14. The van der Waals surface area contributed by atoms with Crippen LogP contribution in [0.2, 0.25) is 0 Å². The highest BCUT2D eigenvalue weighted by Gasteiger charge is 2.36. The van der Waals surface area contributed by atoms with E-state index in [-0.39, 0.29) is 24.6 Å². The fourth-order valence-electron chi connectivity index (χ4n) is 3.36. The van der Waals surface area contributed by atoms with Gasteiger partial charge in [0.25, 0.3) is 0 Å². The molecule has 0 spiro atoms. The van der Waals surface area contributed by atoms with E-state index in [9.17, 15) is 24.0 Å². The van der Waals surface area contributed by atoms with Crippen molar-refractivity contribution in [2.75, 3.05) is 5.88 Å². The maximum Gasteiger partial charge on any atom is 0.408 e. The number of amides is 3. The van der Waals surface area contributed by atoms with Crippen LogP contribution in [0.1, 0.15) is 97.6 Å². The van der Waals surface area contributed by atoms with Crippen LogP contribution in [0, 0.1) is 5.92 Å². The van der Waals surface area contributed by atoms with Crippen LogP contribution >= 0.6 is 22.9 Å². The minimum Gasteiger partial charge on any atom is -0.456 e. The van der Waals surface area contributed by atoms with E-state index in [0.29, 0.717) is 17.3 Å². The van der Waals surface area contributed by atoms with Gasteiger partial charge in [0.1, 0.15) is 33.9 Å². The molecule has 14 heteroatoms. The molecule has 12 nitrogen and oxygen atoms in total. The molecule has 0 aliphatic heterocycles. The van der Waals surface area contributed by atoms with Crippen molar-refractivity contribution < 1.29 is 38.2 Å². The van der Waals surface area contributed by atoms with E-state index in [2.05, 4.69) is 20.9 Å². The molecule has 0 aliphatic carbocycles. The number of ether oxygens (including phenoxy) is 3. The molecule has 1 unspecified atom stereocenters. The van der Waals surface area contributed by atoms with Gasteiger partial charge in [-0.25, -0.2) is 19.4 Å². The number of allylic oxidation sites excluding steroid dienone is 1. The molecule has 44 heavy (non-hydrogen) atoms. The summed E-state index contributed by atoms with van der Waals surface area (Å²) in [5.74, 6) is -2.41. The fraction of sp³-hybridized carbons (Fsp3) is 0.667. The van der Waals surface area contributed by atoms with Crippen LogP contribution in [0.4, 0.5) is 4.79 Å². The predicted octanol–water partition coefficient (Wildman–Crippen LogP) is 4.65. The maximum absolute atomic E-state index is 13.2. The van der Waals surface area contributed by atoms with Crippen molar-refractivity contribution in [1.29, 1.82) is 0 Å². The van der Waals surface area contributed by atoms with Gasteiger partial charge in [-0.3, -0.25) is 9.59 Å². The quantitative estimate of drug-likeness (QED) is 0.112. The summed E-state index contributed by atoms with van der Waals surface area (Å²) in [7, 11) is 0. The monoisotopic (exact) mass is 658 g/mol. The molecule has 248 valence electrons. The van der Waals surface area contributed by atoms with E-state index in [1.165, 1.54) is 25.2 Å². The van der Waals surface area contributed by atoms with Gasteiger partial charge in [0.05, 0.1) is 13.0 Å². The molecule has 0 radical (unpaired) electrons. The number of esters is 2. The molecular formula is C30H47ClN4O8S. The van der Waals surface area contributed by atoms with Crippen LogP contribution in [0.15, 0.2) is 17.5 Å². The zero-order valence-electron chi connectivity index (χ0n) is 27.3. The Morgan fingerprint density at radius 3 is 2.16 bits per heavy atom. The molecule has 0 bridgehead atoms. The van der Waals surface area contributed by atoms with Crippen molar-refractivity contribution in [1.82, 2.24) is 20.9 Å². The van der Waals surface area contributed by atoms with Gasteiger partial charge in [-0.1, -0.05) is 19.9 Å². The minimum atomic E-state index is -1.41. The van der Waals surface area contributed by atoms with Gasteiger partial charge in [-0.2, -0.15) is 0 Å². The highest BCUT2D eigenvalue weighted by molar-refractivity contribution is 7.09. The Hall–Kier alpha value is -3.19. The van der Waals surface area contributed by atoms with E-state index in [0.717, 1.165) is 0 Å². The third-order valence-corrected chi connectivity index (χ3v) is 6.53. The summed E-state index contributed by atoms with van der Waals surface area (Å²) < 4.78 is 16.2. The molecule has 0 aliphatic rings. The van der Waals surface area contributed by atoms with Crippen LogP contribution < -0.4 is 16.0 Å². The van der Waals surface area contributed by atoms with E-state index in [1.54, 1.807) is 72.9 Å². The number of alkyl halides is 1. The standard InChI is InChI=1S/C30H47ClN4O8S/c1-18(2)23(34-26(39)30(9,10)35-27(40)43-29(6,7)8)25(38)41-19(13-11-12-14-31)15-21(36)32-16-22-33-20(17-44-22)24(37)42-28(3,4)5/h11,13,17-19,23H,12,14-16H2,1-10H3,(H,32,36)(H,34,39)(H,35,40)/b13-11+/t19-,23?/m1/s1. The lowest BCUT2D eigenvalue weighted by molar-refractivity contribution is -0.153. The van der Waals surface area contributed by atoms with Gasteiger partial charge < -0.3 is 30.2 Å². The lowest BCUT2D eigenvalue weighted by atomic mass is 10.00. The Labute approximate surface area is 269 Å². The van der Waals surface area contributed by atoms with Crippen molar-refractivity contribution in [3.05, 3.63) is 28.2 Å². The summed E-state index contributed by atoms with van der Waals surface area (Å²) in [5, 5.41) is 9.93.